The van der Waals surface area contributed by atoms with Crippen molar-refractivity contribution in [3.63, 3.8) is 0 Å². The maximum atomic E-state index is 4.54. The van der Waals surface area contributed by atoms with E-state index in [1.54, 1.807) is 4.80 Å². The van der Waals surface area contributed by atoms with Gasteiger partial charge in [0.15, 0.2) is 0 Å². The molecule has 0 saturated heterocycles. The van der Waals surface area contributed by atoms with Crippen molar-refractivity contribution < 1.29 is 0 Å². The van der Waals surface area contributed by atoms with Gasteiger partial charge >= 0.3 is 0 Å². The molecule has 0 saturated carbocycles. The lowest BCUT2D eigenvalue weighted by Crippen LogP contribution is -2.01. The Bertz CT molecular complexity index is 726. The molecular weight excluding hydrogens is 222 g/mol. The minimum absolute atomic E-state index is 0.931. The fourth-order valence-corrected chi connectivity index (χ4v) is 2.16. The Kier molecular flexibility index (Phi) is 2.40. The molecule has 0 atom stereocenters. The van der Waals surface area contributed by atoms with Crippen molar-refractivity contribution in [2.75, 3.05) is 0 Å². The minimum Gasteiger partial charge on any atom is -0.150 e. The SMILES string of the molecule is Cc1ccc(-n2nc3ccc(C)cc3n2)c(C)c1. The maximum absolute atomic E-state index is 4.54. The lowest BCUT2D eigenvalue weighted by molar-refractivity contribution is 0.760. The predicted molar refractivity (Wildman–Crippen MR) is 73.1 cm³/mol. The van der Waals surface area contributed by atoms with E-state index in [0.717, 1.165) is 16.7 Å². The molecule has 90 valence electrons. The van der Waals surface area contributed by atoms with Gasteiger partial charge in [-0.1, -0.05) is 23.8 Å². The van der Waals surface area contributed by atoms with Crippen molar-refractivity contribution in [3.8, 4) is 5.69 Å². The Morgan fingerprint density at radius 2 is 1.44 bits per heavy atom. The summed E-state index contributed by atoms with van der Waals surface area (Å²) in [7, 11) is 0. The molecule has 0 aliphatic rings. The van der Waals surface area contributed by atoms with E-state index in [-0.39, 0.29) is 0 Å². The largest absolute Gasteiger partial charge is 0.150 e. The van der Waals surface area contributed by atoms with Crippen LogP contribution in [0.5, 0.6) is 0 Å². The zero-order valence-electron chi connectivity index (χ0n) is 10.8. The van der Waals surface area contributed by atoms with Gasteiger partial charge in [0.2, 0.25) is 0 Å². The molecule has 0 spiro atoms. The molecule has 0 radical (unpaired) electrons. The Balaban J connectivity index is 2.19. The van der Waals surface area contributed by atoms with E-state index in [1.807, 2.05) is 6.07 Å². The van der Waals surface area contributed by atoms with Gasteiger partial charge in [0.05, 0.1) is 5.69 Å². The van der Waals surface area contributed by atoms with Crippen LogP contribution in [0.4, 0.5) is 0 Å². The molecule has 1 heterocycles. The number of fused-ring (bicyclic) bond motifs is 1. The minimum atomic E-state index is 0.931. The van der Waals surface area contributed by atoms with Crippen LogP contribution in [0, 0.1) is 20.8 Å². The average Bonchev–Trinajstić information content (AvgIpc) is 2.71. The fraction of sp³-hybridized carbons (Fsp3) is 0.200. The summed E-state index contributed by atoms with van der Waals surface area (Å²) in [4.78, 5) is 1.72. The number of hydrogen-bond donors (Lipinski definition) is 0. The molecule has 0 amide bonds. The maximum Gasteiger partial charge on any atom is 0.113 e. The first-order valence-electron chi connectivity index (χ1n) is 6.05. The number of aromatic nitrogens is 3. The van der Waals surface area contributed by atoms with Crippen LogP contribution in [-0.2, 0) is 0 Å². The summed E-state index contributed by atoms with van der Waals surface area (Å²) in [5, 5.41) is 9.06. The number of nitrogens with zero attached hydrogens (tertiary/aromatic N) is 3. The molecule has 18 heavy (non-hydrogen) atoms. The fourth-order valence-electron chi connectivity index (χ4n) is 2.16. The molecule has 0 unspecified atom stereocenters. The standard InChI is InChI=1S/C15H15N3/c1-10-5-7-15(12(3)8-10)18-16-13-6-4-11(2)9-14(13)17-18/h4-9H,1-3H3. The first kappa shape index (κ1) is 11.0. The van der Waals surface area contributed by atoms with Gasteiger partial charge in [-0.25, -0.2) is 0 Å². The van der Waals surface area contributed by atoms with E-state index in [1.165, 1.54) is 16.7 Å². The van der Waals surface area contributed by atoms with Crippen molar-refractivity contribution >= 4 is 11.0 Å². The van der Waals surface area contributed by atoms with E-state index in [4.69, 9.17) is 0 Å². The van der Waals surface area contributed by atoms with Gasteiger partial charge in [-0.05, 0) is 50.1 Å². The van der Waals surface area contributed by atoms with Gasteiger partial charge in [0.25, 0.3) is 0 Å². The van der Waals surface area contributed by atoms with Crippen LogP contribution >= 0.6 is 0 Å². The average molecular weight is 237 g/mol. The quantitative estimate of drug-likeness (QED) is 0.650. The summed E-state index contributed by atoms with van der Waals surface area (Å²) < 4.78 is 0. The second-order valence-corrected chi connectivity index (χ2v) is 4.77. The van der Waals surface area contributed by atoms with Crippen molar-refractivity contribution in [2.24, 2.45) is 0 Å². The summed E-state index contributed by atoms with van der Waals surface area (Å²) in [6.45, 7) is 6.24. The normalized spacial score (nSPS) is 11.1. The van der Waals surface area contributed by atoms with Crippen LogP contribution in [-0.4, -0.2) is 15.0 Å². The van der Waals surface area contributed by atoms with Crippen LogP contribution in [0.3, 0.4) is 0 Å². The van der Waals surface area contributed by atoms with Crippen molar-refractivity contribution in [1.82, 2.24) is 15.0 Å². The molecule has 1 aromatic heterocycles. The topological polar surface area (TPSA) is 30.7 Å². The van der Waals surface area contributed by atoms with Gasteiger partial charge in [-0.3, -0.25) is 0 Å². The summed E-state index contributed by atoms with van der Waals surface area (Å²) in [6.07, 6.45) is 0. The van der Waals surface area contributed by atoms with Crippen molar-refractivity contribution in [3.05, 3.63) is 53.1 Å². The zero-order chi connectivity index (χ0) is 12.7. The first-order valence-corrected chi connectivity index (χ1v) is 6.05. The van der Waals surface area contributed by atoms with Crippen molar-refractivity contribution in [2.45, 2.75) is 20.8 Å². The zero-order valence-corrected chi connectivity index (χ0v) is 10.8. The highest BCUT2D eigenvalue weighted by atomic mass is 15.5. The number of hydrogen-bond acceptors (Lipinski definition) is 2. The molecule has 3 heteroatoms. The monoisotopic (exact) mass is 237 g/mol. The Labute approximate surface area is 106 Å². The number of benzene rings is 2. The Hall–Kier alpha value is -2.16. The van der Waals surface area contributed by atoms with Gasteiger partial charge in [-0.2, -0.15) is 4.80 Å². The summed E-state index contributed by atoms with van der Waals surface area (Å²) >= 11 is 0. The first-order chi connectivity index (χ1) is 8.63. The molecule has 0 bridgehead atoms. The Morgan fingerprint density at radius 3 is 2.22 bits per heavy atom. The highest BCUT2D eigenvalue weighted by molar-refractivity contribution is 5.74. The molecule has 0 N–H and O–H groups in total. The van der Waals surface area contributed by atoms with E-state index >= 15 is 0 Å². The van der Waals surface area contributed by atoms with Crippen LogP contribution < -0.4 is 0 Å². The molecule has 0 aliphatic heterocycles. The molecular formula is C15H15N3. The van der Waals surface area contributed by atoms with Crippen molar-refractivity contribution in [1.29, 1.82) is 0 Å². The molecule has 2 aromatic carbocycles. The smallest absolute Gasteiger partial charge is 0.113 e. The van der Waals surface area contributed by atoms with Crippen LogP contribution in [0.1, 0.15) is 16.7 Å². The molecule has 3 aromatic rings. The van der Waals surface area contributed by atoms with Gasteiger partial charge < -0.3 is 0 Å². The third-order valence-corrected chi connectivity index (χ3v) is 3.10. The lowest BCUT2D eigenvalue weighted by atomic mass is 10.1. The molecule has 3 nitrogen and oxygen atoms in total. The molecule has 0 fully saturated rings. The van der Waals surface area contributed by atoms with Gasteiger partial charge in [-0.15, -0.1) is 10.2 Å². The summed E-state index contributed by atoms with van der Waals surface area (Å²) in [5.41, 5.74) is 6.55. The summed E-state index contributed by atoms with van der Waals surface area (Å²) in [6, 6.07) is 12.4. The van der Waals surface area contributed by atoms with E-state index in [0.29, 0.717) is 0 Å². The van der Waals surface area contributed by atoms with E-state index in [2.05, 4.69) is 61.3 Å². The van der Waals surface area contributed by atoms with Gasteiger partial charge in [0.1, 0.15) is 11.0 Å². The Morgan fingerprint density at radius 1 is 0.778 bits per heavy atom. The van der Waals surface area contributed by atoms with Crippen LogP contribution in [0.15, 0.2) is 36.4 Å². The number of aryl methyl sites for hydroxylation is 3. The van der Waals surface area contributed by atoms with E-state index < -0.39 is 0 Å². The third-order valence-electron chi connectivity index (χ3n) is 3.10. The highest BCUT2D eigenvalue weighted by Gasteiger charge is 2.06. The second-order valence-electron chi connectivity index (χ2n) is 4.77. The predicted octanol–water partition coefficient (Wildman–Crippen LogP) is 3.35. The summed E-state index contributed by atoms with van der Waals surface area (Å²) in [5.74, 6) is 0. The van der Waals surface area contributed by atoms with Crippen LogP contribution in [0.2, 0.25) is 0 Å². The third kappa shape index (κ3) is 1.78. The second kappa shape index (κ2) is 3.95. The number of rotatable bonds is 1. The lowest BCUT2D eigenvalue weighted by Gasteiger charge is -2.04. The van der Waals surface area contributed by atoms with Gasteiger partial charge in [0, 0.05) is 0 Å². The molecule has 0 aliphatic carbocycles. The molecule has 3 rings (SSSR count). The highest BCUT2D eigenvalue weighted by Crippen LogP contribution is 2.17. The van der Waals surface area contributed by atoms with E-state index in [9.17, 15) is 0 Å². The van der Waals surface area contributed by atoms with Crippen LogP contribution in [0.25, 0.3) is 16.7 Å².